The number of fused-ring (bicyclic) bond motifs is 1. The molecule has 0 bridgehead atoms. The highest BCUT2D eigenvalue weighted by molar-refractivity contribution is 5.98. The number of rotatable bonds is 3. The lowest BCUT2D eigenvalue weighted by Gasteiger charge is -2.33. The second-order valence-electron chi connectivity index (χ2n) is 5.89. The summed E-state index contributed by atoms with van der Waals surface area (Å²) in [6.45, 7) is 4.51. The number of aromatic nitrogens is 1. The lowest BCUT2D eigenvalue weighted by Crippen LogP contribution is -2.39. The Balaban J connectivity index is 1.66. The second-order valence-corrected chi connectivity index (χ2v) is 5.89. The van der Waals surface area contributed by atoms with Gasteiger partial charge in [0, 0.05) is 42.4 Å². The fourth-order valence-electron chi connectivity index (χ4n) is 2.63. The van der Waals surface area contributed by atoms with Crippen molar-refractivity contribution in [2.24, 2.45) is 5.41 Å². The van der Waals surface area contributed by atoms with Gasteiger partial charge in [-0.3, -0.25) is 4.79 Å². The van der Waals surface area contributed by atoms with Gasteiger partial charge < -0.3 is 15.0 Å². The number of hydrogen-bond donors (Lipinski definition) is 2. The molecule has 1 aromatic heterocycles. The van der Waals surface area contributed by atoms with Crippen LogP contribution in [0.3, 0.4) is 0 Å². The first kappa shape index (κ1) is 13.2. The molecule has 0 aliphatic carbocycles. The Kier molecular flexibility index (Phi) is 3.49. The standard InChI is InChI=1S/C16H20N2O2/c1-16(5-8-20-9-6-16)11-18-15(19)13-2-3-14-12(10-13)4-7-17-14/h2-4,7,10,17H,5-6,8-9,11H2,1H3,(H,18,19). The van der Waals surface area contributed by atoms with Crippen LogP contribution in [0.25, 0.3) is 10.9 Å². The van der Waals surface area contributed by atoms with Crippen LogP contribution in [0, 0.1) is 5.41 Å². The van der Waals surface area contributed by atoms with Crippen molar-refractivity contribution >= 4 is 16.8 Å². The van der Waals surface area contributed by atoms with Crippen LogP contribution in [0.4, 0.5) is 0 Å². The van der Waals surface area contributed by atoms with Gasteiger partial charge in [0.15, 0.2) is 0 Å². The van der Waals surface area contributed by atoms with E-state index in [0.29, 0.717) is 12.1 Å². The maximum Gasteiger partial charge on any atom is 0.251 e. The van der Waals surface area contributed by atoms with Gasteiger partial charge in [-0.05, 0) is 42.5 Å². The van der Waals surface area contributed by atoms with Crippen LogP contribution >= 0.6 is 0 Å². The molecule has 3 rings (SSSR count). The number of hydrogen-bond acceptors (Lipinski definition) is 2. The Morgan fingerprint density at radius 3 is 2.95 bits per heavy atom. The summed E-state index contributed by atoms with van der Waals surface area (Å²) in [5.74, 6) is 0.000756. The molecule has 0 radical (unpaired) electrons. The van der Waals surface area contributed by atoms with Crippen molar-refractivity contribution in [1.29, 1.82) is 0 Å². The minimum atomic E-state index is 0.000756. The molecule has 0 atom stereocenters. The third-order valence-corrected chi connectivity index (χ3v) is 4.19. The van der Waals surface area contributed by atoms with E-state index in [0.717, 1.165) is 37.0 Å². The van der Waals surface area contributed by atoms with E-state index in [-0.39, 0.29) is 11.3 Å². The zero-order chi connectivity index (χ0) is 14.0. The summed E-state index contributed by atoms with van der Waals surface area (Å²) in [7, 11) is 0. The number of carbonyl (C=O) groups excluding carboxylic acids is 1. The molecule has 4 heteroatoms. The average Bonchev–Trinajstić information content (AvgIpc) is 2.93. The molecule has 1 amide bonds. The molecule has 2 N–H and O–H groups in total. The number of amides is 1. The van der Waals surface area contributed by atoms with E-state index in [1.807, 2.05) is 30.5 Å². The summed E-state index contributed by atoms with van der Waals surface area (Å²) in [6.07, 6.45) is 3.89. The minimum absolute atomic E-state index is 0.000756. The average molecular weight is 272 g/mol. The Morgan fingerprint density at radius 2 is 2.15 bits per heavy atom. The minimum Gasteiger partial charge on any atom is -0.381 e. The molecule has 106 valence electrons. The van der Waals surface area contributed by atoms with Gasteiger partial charge >= 0.3 is 0 Å². The second kappa shape index (κ2) is 5.29. The SMILES string of the molecule is CC1(CNC(=O)c2ccc3[nH]ccc3c2)CCOCC1. The van der Waals surface area contributed by atoms with Crippen LogP contribution in [0.2, 0.25) is 0 Å². The molecule has 0 spiro atoms. The van der Waals surface area contributed by atoms with Crippen LogP contribution in [0.15, 0.2) is 30.5 Å². The summed E-state index contributed by atoms with van der Waals surface area (Å²) < 4.78 is 5.38. The Bertz CT molecular complexity index is 612. The van der Waals surface area contributed by atoms with E-state index in [9.17, 15) is 4.79 Å². The van der Waals surface area contributed by atoms with Gasteiger partial charge in [-0.15, -0.1) is 0 Å². The van der Waals surface area contributed by atoms with Crippen LogP contribution in [-0.4, -0.2) is 30.6 Å². The quantitative estimate of drug-likeness (QED) is 0.902. The van der Waals surface area contributed by atoms with Gasteiger partial charge in [0.1, 0.15) is 0 Å². The molecule has 20 heavy (non-hydrogen) atoms. The topological polar surface area (TPSA) is 54.1 Å². The van der Waals surface area contributed by atoms with E-state index in [1.165, 1.54) is 0 Å². The lowest BCUT2D eigenvalue weighted by molar-refractivity contribution is 0.0238. The molecule has 0 unspecified atom stereocenters. The van der Waals surface area contributed by atoms with E-state index in [4.69, 9.17) is 4.74 Å². The first-order valence-electron chi connectivity index (χ1n) is 7.09. The lowest BCUT2D eigenvalue weighted by atomic mass is 9.82. The first-order valence-corrected chi connectivity index (χ1v) is 7.09. The zero-order valence-corrected chi connectivity index (χ0v) is 11.7. The van der Waals surface area contributed by atoms with Gasteiger partial charge in [0.25, 0.3) is 5.91 Å². The van der Waals surface area contributed by atoms with E-state index >= 15 is 0 Å². The van der Waals surface area contributed by atoms with Crippen LogP contribution < -0.4 is 5.32 Å². The fourth-order valence-corrected chi connectivity index (χ4v) is 2.63. The molecule has 1 aromatic carbocycles. The third kappa shape index (κ3) is 2.70. The largest absolute Gasteiger partial charge is 0.381 e. The molecule has 2 heterocycles. The predicted octanol–water partition coefficient (Wildman–Crippen LogP) is 2.71. The number of carbonyl (C=O) groups is 1. The highest BCUT2D eigenvalue weighted by Gasteiger charge is 2.27. The molecule has 4 nitrogen and oxygen atoms in total. The zero-order valence-electron chi connectivity index (χ0n) is 11.7. The van der Waals surface area contributed by atoms with Gasteiger partial charge in [-0.25, -0.2) is 0 Å². The highest BCUT2D eigenvalue weighted by atomic mass is 16.5. The van der Waals surface area contributed by atoms with Gasteiger partial charge in [0.2, 0.25) is 0 Å². The molecule has 2 aromatic rings. The monoisotopic (exact) mass is 272 g/mol. The van der Waals surface area contributed by atoms with Crippen LogP contribution in [-0.2, 0) is 4.74 Å². The highest BCUT2D eigenvalue weighted by Crippen LogP contribution is 2.28. The Hall–Kier alpha value is -1.81. The van der Waals surface area contributed by atoms with Crippen molar-refractivity contribution < 1.29 is 9.53 Å². The van der Waals surface area contributed by atoms with Crippen molar-refractivity contribution in [2.45, 2.75) is 19.8 Å². The van der Waals surface area contributed by atoms with Gasteiger partial charge in [0.05, 0.1) is 0 Å². The molecule has 1 fully saturated rings. The van der Waals surface area contributed by atoms with Crippen molar-refractivity contribution in [3.8, 4) is 0 Å². The normalized spacial score (nSPS) is 18.1. The molecule has 1 saturated heterocycles. The maximum atomic E-state index is 12.2. The Morgan fingerprint density at radius 1 is 1.35 bits per heavy atom. The first-order chi connectivity index (χ1) is 9.66. The van der Waals surface area contributed by atoms with Crippen LogP contribution in [0.1, 0.15) is 30.1 Å². The smallest absolute Gasteiger partial charge is 0.251 e. The number of ether oxygens (including phenoxy) is 1. The summed E-state index contributed by atoms with van der Waals surface area (Å²) in [5, 5.41) is 4.13. The third-order valence-electron chi connectivity index (χ3n) is 4.19. The maximum absolute atomic E-state index is 12.2. The fraction of sp³-hybridized carbons (Fsp3) is 0.438. The van der Waals surface area contributed by atoms with E-state index in [2.05, 4.69) is 17.2 Å². The number of benzene rings is 1. The molecule has 1 aliphatic rings. The van der Waals surface area contributed by atoms with Crippen molar-refractivity contribution in [3.63, 3.8) is 0 Å². The van der Waals surface area contributed by atoms with Crippen molar-refractivity contribution in [3.05, 3.63) is 36.0 Å². The molecular formula is C16H20N2O2. The van der Waals surface area contributed by atoms with Gasteiger partial charge in [-0.2, -0.15) is 0 Å². The predicted molar refractivity (Wildman–Crippen MR) is 78.8 cm³/mol. The summed E-state index contributed by atoms with van der Waals surface area (Å²) in [6, 6.07) is 7.71. The Labute approximate surface area is 118 Å². The molecular weight excluding hydrogens is 252 g/mol. The summed E-state index contributed by atoms with van der Waals surface area (Å²) in [4.78, 5) is 15.4. The van der Waals surface area contributed by atoms with E-state index in [1.54, 1.807) is 0 Å². The van der Waals surface area contributed by atoms with Crippen molar-refractivity contribution in [2.75, 3.05) is 19.8 Å². The van der Waals surface area contributed by atoms with Crippen molar-refractivity contribution in [1.82, 2.24) is 10.3 Å². The van der Waals surface area contributed by atoms with Gasteiger partial charge in [-0.1, -0.05) is 6.92 Å². The van der Waals surface area contributed by atoms with Crippen LogP contribution in [0.5, 0.6) is 0 Å². The number of aromatic amines is 1. The molecule has 1 aliphatic heterocycles. The summed E-state index contributed by atoms with van der Waals surface area (Å²) in [5.41, 5.74) is 1.93. The number of nitrogens with one attached hydrogen (secondary N) is 2. The molecule has 0 saturated carbocycles. The summed E-state index contributed by atoms with van der Waals surface area (Å²) >= 11 is 0. The number of H-pyrrole nitrogens is 1. The van der Waals surface area contributed by atoms with E-state index < -0.39 is 0 Å².